The third kappa shape index (κ3) is 1.38. The molecule has 0 amide bonds. The Morgan fingerprint density at radius 2 is 2.15 bits per heavy atom. The number of anilines is 1. The molecule has 66 valence electrons. The van der Waals surface area contributed by atoms with Crippen LogP contribution in [-0.2, 0) is 0 Å². The largest absolute Gasteiger partial charge is 0.397 e. The van der Waals surface area contributed by atoms with Gasteiger partial charge < -0.3 is 5.73 Å². The summed E-state index contributed by atoms with van der Waals surface area (Å²) in [5, 5.41) is 6.70. The summed E-state index contributed by atoms with van der Waals surface area (Å²) >= 11 is 0. The molecule has 0 bridgehead atoms. The van der Waals surface area contributed by atoms with Crippen LogP contribution in [0.25, 0.3) is 11.4 Å². The van der Waals surface area contributed by atoms with E-state index in [-0.39, 0.29) is 0 Å². The average Bonchev–Trinajstić information content (AvgIpc) is 2.62. The number of nitrogens with zero attached hydrogens (tertiary/aromatic N) is 2. The monoisotopic (exact) mass is 174 g/mol. The van der Waals surface area contributed by atoms with Crippen LogP contribution in [-0.4, -0.2) is 15.2 Å². The van der Waals surface area contributed by atoms with Gasteiger partial charge in [0.2, 0.25) is 0 Å². The summed E-state index contributed by atoms with van der Waals surface area (Å²) < 4.78 is 0. The molecule has 0 aromatic carbocycles. The van der Waals surface area contributed by atoms with Crippen LogP contribution in [0.15, 0.2) is 24.4 Å². The van der Waals surface area contributed by atoms with E-state index in [1.807, 2.05) is 25.1 Å². The van der Waals surface area contributed by atoms with E-state index in [9.17, 15) is 0 Å². The lowest BCUT2D eigenvalue weighted by atomic mass is 10.2. The zero-order chi connectivity index (χ0) is 9.26. The van der Waals surface area contributed by atoms with Crippen molar-refractivity contribution in [3.63, 3.8) is 0 Å². The highest BCUT2D eigenvalue weighted by molar-refractivity contribution is 5.57. The predicted molar refractivity (Wildman–Crippen MR) is 51.0 cm³/mol. The number of nitrogens with two attached hydrogens (primary N) is 1. The van der Waals surface area contributed by atoms with Crippen LogP contribution in [0.1, 0.15) is 5.69 Å². The molecule has 0 unspecified atom stereocenters. The van der Waals surface area contributed by atoms with E-state index in [0.29, 0.717) is 5.69 Å². The van der Waals surface area contributed by atoms with Crippen LogP contribution in [0.3, 0.4) is 0 Å². The number of aromatic amines is 1. The van der Waals surface area contributed by atoms with Crippen LogP contribution in [0, 0.1) is 6.92 Å². The zero-order valence-corrected chi connectivity index (χ0v) is 7.28. The van der Waals surface area contributed by atoms with E-state index in [1.54, 1.807) is 6.20 Å². The SMILES string of the molecule is Cc1nc(-c2ccn[nH]2)ccc1N. The second-order valence-electron chi connectivity index (χ2n) is 2.84. The molecule has 0 fully saturated rings. The predicted octanol–water partition coefficient (Wildman–Crippen LogP) is 1.36. The van der Waals surface area contributed by atoms with Gasteiger partial charge in [-0.2, -0.15) is 5.10 Å². The maximum Gasteiger partial charge on any atom is 0.0885 e. The third-order valence-electron chi connectivity index (χ3n) is 1.90. The van der Waals surface area contributed by atoms with Gasteiger partial charge in [0, 0.05) is 6.20 Å². The molecule has 2 aromatic heterocycles. The fraction of sp³-hybridized carbons (Fsp3) is 0.111. The first-order valence-electron chi connectivity index (χ1n) is 4.00. The molecular weight excluding hydrogens is 164 g/mol. The molecule has 3 N–H and O–H groups in total. The quantitative estimate of drug-likeness (QED) is 0.686. The van der Waals surface area contributed by atoms with E-state index in [4.69, 9.17) is 5.73 Å². The number of pyridine rings is 1. The van der Waals surface area contributed by atoms with Gasteiger partial charge in [-0.15, -0.1) is 0 Å². The van der Waals surface area contributed by atoms with Gasteiger partial charge in [-0.05, 0) is 25.1 Å². The number of hydrogen-bond acceptors (Lipinski definition) is 3. The first-order chi connectivity index (χ1) is 6.27. The van der Waals surface area contributed by atoms with Gasteiger partial charge in [-0.1, -0.05) is 0 Å². The van der Waals surface area contributed by atoms with Crippen molar-refractivity contribution in [2.24, 2.45) is 0 Å². The number of nitrogens with one attached hydrogen (secondary N) is 1. The Kier molecular flexibility index (Phi) is 1.73. The fourth-order valence-corrected chi connectivity index (χ4v) is 1.12. The Bertz CT molecular complexity index is 406. The van der Waals surface area contributed by atoms with Crippen molar-refractivity contribution in [2.45, 2.75) is 6.92 Å². The van der Waals surface area contributed by atoms with Gasteiger partial charge in [0.25, 0.3) is 0 Å². The molecular formula is C9H10N4. The van der Waals surface area contributed by atoms with Crippen molar-refractivity contribution in [3.05, 3.63) is 30.1 Å². The summed E-state index contributed by atoms with van der Waals surface area (Å²) in [6, 6.07) is 5.59. The Hall–Kier alpha value is -1.84. The average molecular weight is 174 g/mol. The molecule has 4 heteroatoms. The number of rotatable bonds is 1. The molecule has 0 atom stereocenters. The summed E-state index contributed by atoms with van der Waals surface area (Å²) in [7, 11) is 0. The second-order valence-corrected chi connectivity index (χ2v) is 2.84. The smallest absolute Gasteiger partial charge is 0.0885 e. The molecule has 0 radical (unpaired) electrons. The van der Waals surface area contributed by atoms with Gasteiger partial charge in [0.05, 0.1) is 22.8 Å². The molecule has 0 aliphatic heterocycles. The van der Waals surface area contributed by atoms with Crippen LogP contribution >= 0.6 is 0 Å². The molecule has 0 aliphatic rings. The molecule has 0 spiro atoms. The van der Waals surface area contributed by atoms with Crippen molar-refractivity contribution in [2.75, 3.05) is 5.73 Å². The van der Waals surface area contributed by atoms with Crippen molar-refractivity contribution in [3.8, 4) is 11.4 Å². The number of aromatic nitrogens is 3. The van der Waals surface area contributed by atoms with E-state index >= 15 is 0 Å². The minimum atomic E-state index is 0.711. The molecule has 2 aromatic rings. The lowest BCUT2D eigenvalue weighted by Gasteiger charge is -2.01. The zero-order valence-electron chi connectivity index (χ0n) is 7.28. The van der Waals surface area contributed by atoms with Gasteiger partial charge in [-0.25, -0.2) is 4.98 Å². The summed E-state index contributed by atoms with van der Waals surface area (Å²) in [4.78, 5) is 4.32. The molecule has 0 saturated carbocycles. The normalized spacial score (nSPS) is 10.2. The topological polar surface area (TPSA) is 67.6 Å². The molecule has 2 rings (SSSR count). The fourth-order valence-electron chi connectivity index (χ4n) is 1.12. The Morgan fingerprint density at radius 1 is 1.31 bits per heavy atom. The second kappa shape index (κ2) is 2.90. The number of hydrogen-bond donors (Lipinski definition) is 2. The van der Waals surface area contributed by atoms with Gasteiger partial charge in [0.1, 0.15) is 0 Å². The third-order valence-corrected chi connectivity index (χ3v) is 1.90. The summed E-state index contributed by atoms with van der Waals surface area (Å²) in [5.74, 6) is 0. The maximum absolute atomic E-state index is 5.65. The first kappa shape index (κ1) is 7.79. The summed E-state index contributed by atoms with van der Waals surface area (Å²) in [6.45, 7) is 1.88. The Labute approximate surface area is 75.8 Å². The van der Waals surface area contributed by atoms with E-state index in [0.717, 1.165) is 17.1 Å². The standard InChI is InChI=1S/C9H10N4/c1-6-7(10)2-3-8(12-6)9-4-5-11-13-9/h2-5H,10H2,1H3,(H,11,13). The van der Waals surface area contributed by atoms with Crippen LogP contribution in [0.5, 0.6) is 0 Å². The molecule has 4 nitrogen and oxygen atoms in total. The first-order valence-corrected chi connectivity index (χ1v) is 4.00. The lowest BCUT2D eigenvalue weighted by Crippen LogP contribution is -1.94. The van der Waals surface area contributed by atoms with Crippen molar-refractivity contribution in [1.82, 2.24) is 15.2 Å². The van der Waals surface area contributed by atoms with Gasteiger partial charge >= 0.3 is 0 Å². The molecule has 0 aliphatic carbocycles. The van der Waals surface area contributed by atoms with Gasteiger partial charge in [-0.3, -0.25) is 5.10 Å². The Balaban J connectivity index is 2.49. The highest BCUT2D eigenvalue weighted by Gasteiger charge is 2.01. The minimum absolute atomic E-state index is 0.711. The van der Waals surface area contributed by atoms with E-state index < -0.39 is 0 Å². The number of aryl methyl sites for hydroxylation is 1. The molecule has 2 heterocycles. The van der Waals surface area contributed by atoms with Crippen molar-refractivity contribution in [1.29, 1.82) is 0 Å². The van der Waals surface area contributed by atoms with E-state index in [2.05, 4.69) is 15.2 Å². The number of nitrogen functional groups attached to an aromatic ring is 1. The summed E-state index contributed by atoms with van der Waals surface area (Å²) in [5.41, 5.74) is 8.98. The molecule has 13 heavy (non-hydrogen) atoms. The highest BCUT2D eigenvalue weighted by Crippen LogP contribution is 2.16. The van der Waals surface area contributed by atoms with Crippen molar-refractivity contribution < 1.29 is 0 Å². The molecule has 0 saturated heterocycles. The van der Waals surface area contributed by atoms with Gasteiger partial charge in [0.15, 0.2) is 0 Å². The minimum Gasteiger partial charge on any atom is -0.397 e. The van der Waals surface area contributed by atoms with Crippen LogP contribution in [0.4, 0.5) is 5.69 Å². The van der Waals surface area contributed by atoms with E-state index in [1.165, 1.54) is 0 Å². The lowest BCUT2D eigenvalue weighted by molar-refractivity contribution is 1.08. The number of H-pyrrole nitrogens is 1. The summed E-state index contributed by atoms with van der Waals surface area (Å²) in [6.07, 6.45) is 1.70. The Morgan fingerprint density at radius 3 is 2.77 bits per heavy atom. The van der Waals surface area contributed by atoms with Crippen LogP contribution < -0.4 is 5.73 Å². The highest BCUT2D eigenvalue weighted by atomic mass is 15.1. The van der Waals surface area contributed by atoms with Crippen LogP contribution in [0.2, 0.25) is 0 Å². The van der Waals surface area contributed by atoms with Crippen molar-refractivity contribution >= 4 is 5.69 Å². The maximum atomic E-state index is 5.65.